The third kappa shape index (κ3) is 5.22. The van der Waals surface area contributed by atoms with Crippen LogP contribution in [0, 0.1) is 5.92 Å². The molecule has 0 saturated heterocycles. The summed E-state index contributed by atoms with van der Waals surface area (Å²) in [6, 6.07) is 1.87. The Morgan fingerprint density at radius 1 is 1.50 bits per heavy atom. The molecular formula is C18H26N2O4. The second-order valence-electron chi connectivity index (χ2n) is 6.26. The van der Waals surface area contributed by atoms with Crippen molar-refractivity contribution in [3.63, 3.8) is 0 Å². The van der Waals surface area contributed by atoms with Gasteiger partial charge in [-0.1, -0.05) is 6.92 Å². The van der Waals surface area contributed by atoms with E-state index in [0.717, 1.165) is 24.1 Å². The first kappa shape index (κ1) is 18.2. The molecule has 0 aliphatic heterocycles. The number of hydrogen-bond acceptors (Lipinski definition) is 5. The van der Waals surface area contributed by atoms with Crippen LogP contribution in [0.2, 0.25) is 0 Å². The Hall–Kier alpha value is -2.11. The molecule has 0 unspecified atom stereocenters. The SMILES string of the molecule is CCO/C=C/c1cc(C2CC2)c(=O)n(C[C@@H](C)CCC(=O)OC)n1. The maximum atomic E-state index is 12.6. The van der Waals surface area contributed by atoms with Gasteiger partial charge in [-0.05, 0) is 44.1 Å². The number of nitrogens with zero attached hydrogens (tertiary/aromatic N) is 2. The summed E-state index contributed by atoms with van der Waals surface area (Å²) < 4.78 is 11.4. The molecule has 1 aliphatic carbocycles. The topological polar surface area (TPSA) is 70.4 Å². The van der Waals surface area contributed by atoms with Gasteiger partial charge in [-0.3, -0.25) is 9.59 Å². The van der Waals surface area contributed by atoms with Gasteiger partial charge in [-0.2, -0.15) is 5.10 Å². The molecule has 1 saturated carbocycles. The number of hydrogen-bond donors (Lipinski definition) is 0. The predicted octanol–water partition coefficient (Wildman–Crippen LogP) is 2.72. The molecular weight excluding hydrogens is 308 g/mol. The van der Waals surface area contributed by atoms with Crippen molar-refractivity contribution in [3.05, 3.63) is 33.9 Å². The number of methoxy groups -OCH3 is 1. The van der Waals surface area contributed by atoms with E-state index < -0.39 is 0 Å². The summed E-state index contributed by atoms with van der Waals surface area (Å²) in [7, 11) is 1.38. The zero-order valence-corrected chi connectivity index (χ0v) is 14.7. The number of rotatable bonds is 9. The van der Waals surface area contributed by atoms with E-state index in [0.29, 0.717) is 31.9 Å². The zero-order valence-electron chi connectivity index (χ0n) is 14.7. The molecule has 0 amide bonds. The number of carbonyl (C=O) groups excluding carboxylic acids is 1. The lowest BCUT2D eigenvalue weighted by molar-refractivity contribution is -0.140. The lowest BCUT2D eigenvalue weighted by Gasteiger charge is -2.14. The van der Waals surface area contributed by atoms with Gasteiger partial charge in [0.15, 0.2) is 0 Å². The van der Waals surface area contributed by atoms with Crippen LogP contribution in [0.4, 0.5) is 0 Å². The average Bonchev–Trinajstić information content (AvgIpc) is 3.40. The van der Waals surface area contributed by atoms with E-state index in [4.69, 9.17) is 4.74 Å². The Morgan fingerprint density at radius 2 is 2.25 bits per heavy atom. The standard InChI is InChI=1S/C18H26N2O4/c1-4-24-10-9-15-11-16(14-6-7-14)18(22)20(19-15)12-13(2)5-8-17(21)23-3/h9-11,13-14H,4-8,12H2,1-3H3/b10-9+/t13-/m0/s1. The summed E-state index contributed by atoms with van der Waals surface area (Å²) in [6.45, 7) is 5.01. The highest BCUT2D eigenvalue weighted by Gasteiger charge is 2.27. The van der Waals surface area contributed by atoms with Crippen LogP contribution < -0.4 is 5.56 Å². The van der Waals surface area contributed by atoms with Gasteiger partial charge in [0.05, 0.1) is 25.7 Å². The van der Waals surface area contributed by atoms with E-state index in [1.54, 1.807) is 12.3 Å². The second-order valence-corrected chi connectivity index (χ2v) is 6.26. The highest BCUT2D eigenvalue weighted by molar-refractivity contribution is 5.69. The third-order valence-electron chi connectivity index (χ3n) is 4.09. The molecule has 0 bridgehead atoms. The molecule has 6 heteroatoms. The lowest BCUT2D eigenvalue weighted by atomic mass is 10.1. The molecule has 132 valence electrons. The summed E-state index contributed by atoms with van der Waals surface area (Å²) in [5.74, 6) is 0.290. The van der Waals surface area contributed by atoms with Gasteiger partial charge in [-0.15, -0.1) is 0 Å². The molecule has 6 nitrogen and oxygen atoms in total. The van der Waals surface area contributed by atoms with Crippen LogP contribution in [0.3, 0.4) is 0 Å². The van der Waals surface area contributed by atoms with E-state index in [2.05, 4.69) is 9.84 Å². The van der Waals surface area contributed by atoms with Crippen LogP contribution in [0.1, 0.15) is 56.7 Å². The lowest BCUT2D eigenvalue weighted by Crippen LogP contribution is -2.29. The molecule has 2 rings (SSSR count). The summed E-state index contributed by atoms with van der Waals surface area (Å²) >= 11 is 0. The summed E-state index contributed by atoms with van der Waals surface area (Å²) in [5.41, 5.74) is 1.54. The Bertz CT molecular complexity index is 647. The third-order valence-corrected chi connectivity index (χ3v) is 4.09. The van der Waals surface area contributed by atoms with E-state index >= 15 is 0 Å². The van der Waals surface area contributed by atoms with Gasteiger partial charge < -0.3 is 9.47 Å². The Labute approximate surface area is 142 Å². The molecule has 24 heavy (non-hydrogen) atoms. The molecule has 0 N–H and O–H groups in total. The minimum atomic E-state index is -0.228. The summed E-state index contributed by atoms with van der Waals surface area (Å²) in [4.78, 5) is 23.9. The van der Waals surface area contributed by atoms with Crippen molar-refractivity contribution in [1.82, 2.24) is 9.78 Å². The molecule has 1 heterocycles. The quantitative estimate of drug-likeness (QED) is 0.513. The van der Waals surface area contributed by atoms with Gasteiger partial charge in [-0.25, -0.2) is 4.68 Å². The van der Waals surface area contributed by atoms with Gasteiger partial charge in [0.2, 0.25) is 0 Å². The van der Waals surface area contributed by atoms with Crippen LogP contribution in [-0.4, -0.2) is 29.5 Å². The fraction of sp³-hybridized carbons (Fsp3) is 0.611. The normalized spacial score (nSPS) is 15.5. The number of esters is 1. The molecule has 1 aliphatic rings. The number of ether oxygens (including phenoxy) is 2. The van der Waals surface area contributed by atoms with Gasteiger partial charge >= 0.3 is 5.97 Å². The molecule has 1 fully saturated rings. The van der Waals surface area contributed by atoms with E-state index in [1.165, 1.54) is 11.8 Å². The predicted molar refractivity (Wildman–Crippen MR) is 91.5 cm³/mol. The van der Waals surface area contributed by atoms with Crippen molar-refractivity contribution in [2.45, 2.75) is 52.0 Å². The van der Waals surface area contributed by atoms with Crippen molar-refractivity contribution in [3.8, 4) is 0 Å². The molecule has 1 atom stereocenters. The van der Waals surface area contributed by atoms with E-state index in [1.807, 2.05) is 19.9 Å². The smallest absolute Gasteiger partial charge is 0.305 e. The number of carbonyl (C=O) groups is 1. The highest BCUT2D eigenvalue weighted by atomic mass is 16.5. The first-order chi connectivity index (χ1) is 11.5. The molecule has 0 radical (unpaired) electrons. The first-order valence-corrected chi connectivity index (χ1v) is 8.52. The maximum absolute atomic E-state index is 12.6. The second kappa shape index (κ2) is 8.66. The Balaban J connectivity index is 2.14. The fourth-order valence-electron chi connectivity index (χ4n) is 2.54. The van der Waals surface area contributed by atoms with Gasteiger partial charge in [0.25, 0.3) is 5.56 Å². The van der Waals surface area contributed by atoms with Gasteiger partial charge in [0, 0.05) is 24.6 Å². The van der Waals surface area contributed by atoms with Crippen LogP contribution in [0.25, 0.3) is 6.08 Å². The van der Waals surface area contributed by atoms with Crippen LogP contribution >= 0.6 is 0 Å². The largest absolute Gasteiger partial charge is 0.501 e. The first-order valence-electron chi connectivity index (χ1n) is 8.52. The summed E-state index contributed by atoms with van der Waals surface area (Å²) in [6.07, 6.45) is 6.53. The molecule has 0 aromatic carbocycles. The fourth-order valence-corrected chi connectivity index (χ4v) is 2.54. The summed E-state index contributed by atoms with van der Waals surface area (Å²) in [5, 5.41) is 4.42. The average molecular weight is 334 g/mol. The monoisotopic (exact) mass is 334 g/mol. The van der Waals surface area contributed by atoms with Crippen LogP contribution in [0.15, 0.2) is 17.1 Å². The highest BCUT2D eigenvalue weighted by Crippen LogP contribution is 2.38. The van der Waals surface area contributed by atoms with Crippen molar-refractivity contribution >= 4 is 12.0 Å². The number of aromatic nitrogens is 2. The van der Waals surface area contributed by atoms with Crippen molar-refractivity contribution in [2.75, 3.05) is 13.7 Å². The molecule has 1 aromatic heterocycles. The van der Waals surface area contributed by atoms with Crippen LogP contribution in [-0.2, 0) is 20.8 Å². The minimum absolute atomic E-state index is 0.0176. The minimum Gasteiger partial charge on any atom is -0.501 e. The van der Waals surface area contributed by atoms with Crippen LogP contribution in [0.5, 0.6) is 0 Å². The zero-order chi connectivity index (χ0) is 17.5. The van der Waals surface area contributed by atoms with Crippen molar-refractivity contribution < 1.29 is 14.3 Å². The van der Waals surface area contributed by atoms with E-state index in [-0.39, 0.29) is 17.4 Å². The van der Waals surface area contributed by atoms with Gasteiger partial charge in [0.1, 0.15) is 0 Å². The Kier molecular flexibility index (Phi) is 6.58. The van der Waals surface area contributed by atoms with Crippen molar-refractivity contribution in [1.29, 1.82) is 0 Å². The molecule has 0 spiro atoms. The van der Waals surface area contributed by atoms with E-state index in [9.17, 15) is 9.59 Å². The van der Waals surface area contributed by atoms with Crippen molar-refractivity contribution in [2.24, 2.45) is 5.92 Å². The molecule has 1 aromatic rings. The Morgan fingerprint density at radius 3 is 2.88 bits per heavy atom. The maximum Gasteiger partial charge on any atom is 0.305 e.